The van der Waals surface area contributed by atoms with E-state index in [1.165, 1.54) is 10.9 Å². The highest BCUT2D eigenvalue weighted by Crippen LogP contribution is 2.14. The van der Waals surface area contributed by atoms with Gasteiger partial charge in [-0.1, -0.05) is 30.3 Å². The Morgan fingerprint density at radius 3 is 2.74 bits per heavy atom. The van der Waals surface area contributed by atoms with Crippen LogP contribution in [0.2, 0.25) is 0 Å². The molecule has 0 saturated carbocycles. The van der Waals surface area contributed by atoms with Crippen molar-refractivity contribution in [3.8, 4) is 11.8 Å². The summed E-state index contributed by atoms with van der Waals surface area (Å²) in [4.78, 5) is 19.4. The largest absolute Gasteiger partial charge is 0.478 e. The van der Waals surface area contributed by atoms with Crippen LogP contribution in [0.4, 0.5) is 0 Å². The van der Waals surface area contributed by atoms with E-state index in [-0.39, 0.29) is 11.6 Å². The van der Waals surface area contributed by atoms with E-state index < -0.39 is 5.97 Å². The minimum atomic E-state index is -1.02. The summed E-state index contributed by atoms with van der Waals surface area (Å²) in [5.41, 5.74) is 1.63. The minimum Gasteiger partial charge on any atom is -0.478 e. The number of aromatic carboxylic acids is 1. The average molecular weight is 310 g/mol. The summed E-state index contributed by atoms with van der Waals surface area (Å²) in [6.45, 7) is 2.02. The molecule has 1 aromatic carbocycles. The summed E-state index contributed by atoms with van der Waals surface area (Å²) in [7, 11) is 0. The Bertz CT molecular complexity index is 830. The van der Waals surface area contributed by atoms with E-state index in [2.05, 4.69) is 15.1 Å². The first-order valence-electron chi connectivity index (χ1n) is 6.93. The van der Waals surface area contributed by atoms with Crippen molar-refractivity contribution in [2.24, 2.45) is 0 Å². The molecule has 0 atom stereocenters. The van der Waals surface area contributed by atoms with E-state index in [1.54, 1.807) is 19.2 Å². The Hall–Kier alpha value is -3.22. The second-order valence-electron chi connectivity index (χ2n) is 4.83. The first kappa shape index (κ1) is 14.7. The summed E-state index contributed by atoms with van der Waals surface area (Å²) in [5, 5.41) is 13.1. The molecule has 0 saturated heterocycles. The number of carboxylic acid groups (broad SMARTS) is 1. The van der Waals surface area contributed by atoms with E-state index in [4.69, 9.17) is 9.84 Å². The van der Waals surface area contributed by atoms with Crippen LogP contribution in [0.3, 0.4) is 0 Å². The predicted octanol–water partition coefficient (Wildman–Crippen LogP) is 2.25. The van der Waals surface area contributed by atoms with Crippen LogP contribution in [-0.2, 0) is 6.61 Å². The quantitative estimate of drug-likeness (QED) is 0.777. The molecule has 1 N–H and O–H groups in total. The molecule has 0 spiro atoms. The molecule has 0 unspecified atom stereocenters. The maximum atomic E-state index is 11.1. The summed E-state index contributed by atoms with van der Waals surface area (Å²) >= 11 is 0. The third-order valence-corrected chi connectivity index (χ3v) is 3.29. The second-order valence-corrected chi connectivity index (χ2v) is 4.83. The molecule has 7 nitrogen and oxygen atoms in total. The molecule has 2 aromatic heterocycles. The highest BCUT2D eigenvalue weighted by atomic mass is 16.5. The molecule has 7 heteroatoms. The van der Waals surface area contributed by atoms with Crippen molar-refractivity contribution < 1.29 is 14.6 Å². The van der Waals surface area contributed by atoms with Crippen molar-refractivity contribution in [1.82, 2.24) is 19.7 Å². The van der Waals surface area contributed by atoms with Gasteiger partial charge in [0.1, 0.15) is 12.2 Å². The topological polar surface area (TPSA) is 90.1 Å². The van der Waals surface area contributed by atoms with Gasteiger partial charge in [0.25, 0.3) is 0 Å². The molecule has 2 heterocycles. The van der Waals surface area contributed by atoms with Gasteiger partial charge in [-0.15, -0.1) is 0 Å². The molecular weight excluding hydrogens is 296 g/mol. The van der Waals surface area contributed by atoms with Crippen LogP contribution in [0.5, 0.6) is 6.01 Å². The zero-order valence-electron chi connectivity index (χ0n) is 12.4. The van der Waals surface area contributed by atoms with E-state index in [1.807, 2.05) is 30.3 Å². The number of rotatable bonds is 5. The fourth-order valence-electron chi connectivity index (χ4n) is 2.09. The Morgan fingerprint density at radius 1 is 1.26 bits per heavy atom. The summed E-state index contributed by atoms with van der Waals surface area (Å²) in [5.74, 6) is -0.573. The van der Waals surface area contributed by atoms with Gasteiger partial charge < -0.3 is 9.84 Å². The van der Waals surface area contributed by atoms with Crippen LogP contribution in [0.15, 0.2) is 48.8 Å². The van der Waals surface area contributed by atoms with Crippen LogP contribution in [0, 0.1) is 6.92 Å². The molecule has 0 bridgehead atoms. The summed E-state index contributed by atoms with van der Waals surface area (Å²) in [6.07, 6.45) is 2.84. The number of nitrogens with zero attached hydrogens (tertiary/aromatic N) is 4. The predicted molar refractivity (Wildman–Crippen MR) is 81.6 cm³/mol. The van der Waals surface area contributed by atoms with Gasteiger partial charge in [-0.05, 0) is 12.5 Å². The molecule has 0 radical (unpaired) electrons. The lowest BCUT2D eigenvalue weighted by molar-refractivity contribution is 0.0696. The van der Waals surface area contributed by atoms with Gasteiger partial charge >= 0.3 is 12.0 Å². The van der Waals surface area contributed by atoms with Crippen LogP contribution in [-0.4, -0.2) is 30.8 Å². The number of hydrogen-bond acceptors (Lipinski definition) is 5. The third kappa shape index (κ3) is 3.18. The van der Waals surface area contributed by atoms with Crippen molar-refractivity contribution in [2.75, 3.05) is 0 Å². The first-order chi connectivity index (χ1) is 11.1. The number of aromatic nitrogens is 4. The Balaban J connectivity index is 1.81. The highest BCUT2D eigenvalue weighted by molar-refractivity contribution is 5.88. The zero-order valence-corrected chi connectivity index (χ0v) is 12.4. The van der Waals surface area contributed by atoms with Gasteiger partial charge in [0.2, 0.25) is 0 Å². The first-order valence-corrected chi connectivity index (χ1v) is 6.93. The van der Waals surface area contributed by atoms with Crippen molar-refractivity contribution in [2.45, 2.75) is 13.5 Å². The standard InChI is InChI=1S/C16H14N4O3/c1-11-13(15(21)22)9-18-20(11)14-7-8-17-16(19-14)23-10-12-5-3-2-4-6-12/h2-9H,10H2,1H3,(H,21,22). The molecule has 0 fully saturated rings. The monoisotopic (exact) mass is 310 g/mol. The lowest BCUT2D eigenvalue weighted by Crippen LogP contribution is -2.06. The number of carboxylic acids is 1. The van der Waals surface area contributed by atoms with Crippen molar-refractivity contribution in [3.05, 3.63) is 65.6 Å². The van der Waals surface area contributed by atoms with E-state index in [0.717, 1.165) is 5.56 Å². The van der Waals surface area contributed by atoms with E-state index >= 15 is 0 Å². The molecule has 0 amide bonds. The molecule has 0 aliphatic rings. The van der Waals surface area contributed by atoms with Crippen LogP contribution >= 0.6 is 0 Å². The zero-order chi connectivity index (χ0) is 16.2. The number of benzene rings is 1. The normalized spacial score (nSPS) is 10.5. The van der Waals surface area contributed by atoms with E-state index in [9.17, 15) is 4.79 Å². The van der Waals surface area contributed by atoms with Crippen molar-refractivity contribution in [3.63, 3.8) is 0 Å². The fraction of sp³-hybridized carbons (Fsp3) is 0.125. The maximum absolute atomic E-state index is 11.1. The SMILES string of the molecule is Cc1c(C(=O)O)cnn1-c1ccnc(OCc2ccccc2)n1. The van der Waals surface area contributed by atoms with Crippen molar-refractivity contribution in [1.29, 1.82) is 0 Å². The maximum Gasteiger partial charge on any atom is 0.339 e. The molecule has 23 heavy (non-hydrogen) atoms. The van der Waals surface area contributed by atoms with Crippen LogP contribution in [0.1, 0.15) is 21.6 Å². The smallest absolute Gasteiger partial charge is 0.339 e. The van der Waals surface area contributed by atoms with Gasteiger partial charge in [0.15, 0.2) is 5.82 Å². The number of hydrogen-bond donors (Lipinski definition) is 1. The van der Waals surface area contributed by atoms with Crippen molar-refractivity contribution >= 4 is 5.97 Å². The lowest BCUT2D eigenvalue weighted by Gasteiger charge is -2.07. The van der Waals surface area contributed by atoms with Gasteiger partial charge in [-0.25, -0.2) is 14.5 Å². The van der Waals surface area contributed by atoms with Crippen LogP contribution in [0.25, 0.3) is 5.82 Å². The average Bonchev–Trinajstić information content (AvgIpc) is 2.96. The Morgan fingerprint density at radius 2 is 2.04 bits per heavy atom. The van der Waals surface area contributed by atoms with Gasteiger partial charge in [0.05, 0.1) is 11.9 Å². The Kier molecular flexibility index (Phi) is 4.01. The summed E-state index contributed by atoms with van der Waals surface area (Å²) in [6, 6.07) is 11.5. The molecular formula is C16H14N4O3. The summed E-state index contributed by atoms with van der Waals surface area (Å²) < 4.78 is 7.01. The molecule has 3 rings (SSSR count). The third-order valence-electron chi connectivity index (χ3n) is 3.29. The van der Waals surface area contributed by atoms with Crippen LogP contribution < -0.4 is 4.74 Å². The molecule has 0 aliphatic heterocycles. The minimum absolute atomic E-state index is 0.135. The second kappa shape index (κ2) is 6.27. The van der Waals surface area contributed by atoms with Gasteiger partial charge in [-0.2, -0.15) is 10.1 Å². The molecule has 3 aromatic rings. The molecule has 116 valence electrons. The number of carbonyl (C=O) groups is 1. The van der Waals surface area contributed by atoms with E-state index in [0.29, 0.717) is 18.1 Å². The molecule has 0 aliphatic carbocycles. The van der Waals surface area contributed by atoms with Gasteiger partial charge in [0, 0.05) is 12.3 Å². The fourth-order valence-corrected chi connectivity index (χ4v) is 2.09. The van der Waals surface area contributed by atoms with Gasteiger partial charge in [-0.3, -0.25) is 0 Å². The highest BCUT2D eigenvalue weighted by Gasteiger charge is 2.15. The number of ether oxygens (including phenoxy) is 1. The Labute approximate surface area is 132 Å². The lowest BCUT2D eigenvalue weighted by atomic mass is 10.2.